The fourth-order valence-electron chi connectivity index (χ4n) is 2.00. The first-order valence-electron chi connectivity index (χ1n) is 5.83. The summed E-state index contributed by atoms with van der Waals surface area (Å²) in [6.07, 6.45) is 3.84. The summed E-state index contributed by atoms with van der Waals surface area (Å²) in [5.74, 6) is 0.630. The zero-order chi connectivity index (χ0) is 11.3. The Kier molecular flexibility index (Phi) is 4.56. The topological polar surface area (TPSA) is 56.0 Å². The first-order valence-corrected chi connectivity index (χ1v) is 5.83. The number of rotatable bonds is 5. The van der Waals surface area contributed by atoms with Crippen LogP contribution in [0.3, 0.4) is 0 Å². The summed E-state index contributed by atoms with van der Waals surface area (Å²) >= 11 is 0. The number of nitriles is 1. The highest BCUT2D eigenvalue weighted by Crippen LogP contribution is 2.24. The van der Waals surface area contributed by atoms with E-state index in [-0.39, 0.29) is 11.5 Å². The molecular formula is C12H22N2O. The maximum absolute atomic E-state index is 9.35. The Morgan fingerprint density at radius 3 is 2.73 bits per heavy atom. The first-order chi connectivity index (χ1) is 7.03. The van der Waals surface area contributed by atoms with E-state index in [4.69, 9.17) is 5.26 Å². The second-order valence-corrected chi connectivity index (χ2v) is 5.28. The van der Waals surface area contributed by atoms with Gasteiger partial charge in [0.05, 0.1) is 17.6 Å². The van der Waals surface area contributed by atoms with Gasteiger partial charge in [0.15, 0.2) is 0 Å². The molecule has 2 unspecified atom stereocenters. The summed E-state index contributed by atoms with van der Waals surface area (Å²) in [6.45, 7) is 5.81. The van der Waals surface area contributed by atoms with E-state index >= 15 is 0 Å². The normalized spacial score (nSPS) is 26.5. The van der Waals surface area contributed by atoms with Crippen LogP contribution in [0.25, 0.3) is 0 Å². The van der Waals surface area contributed by atoms with Crippen molar-refractivity contribution in [2.75, 3.05) is 13.1 Å². The Balaban J connectivity index is 2.05. The Morgan fingerprint density at radius 1 is 1.47 bits per heavy atom. The van der Waals surface area contributed by atoms with E-state index in [1.807, 2.05) is 13.8 Å². The molecule has 1 aliphatic rings. The van der Waals surface area contributed by atoms with Crippen LogP contribution in [0.2, 0.25) is 0 Å². The van der Waals surface area contributed by atoms with Crippen molar-refractivity contribution in [1.82, 2.24) is 5.32 Å². The molecule has 0 saturated heterocycles. The maximum atomic E-state index is 9.35. The molecule has 0 bridgehead atoms. The van der Waals surface area contributed by atoms with E-state index in [1.165, 1.54) is 0 Å². The second-order valence-electron chi connectivity index (χ2n) is 5.28. The van der Waals surface area contributed by atoms with E-state index < -0.39 is 0 Å². The van der Waals surface area contributed by atoms with E-state index in [2.05, 4.69) is 11.4 Å². The van der Waals surface area contributed by atoms with Gasteiger partial charge in [-0.25, -0.2) is 0 Å². The summed E-state index contributed by atoms with van der Waals surface area (Å²) in [7, 11) is 0. The lowest BCUT2D eigenvalue weighted by Crippen LogP contribution is -2.26. The van der Waals surface area contributed by atoms with Crippen LogP contribution >= 0.6 is 0 Å². The smallest absolute Gasteiger partial charge is 0.0684 e. The molecule has 0 aliphatic heterocycles. The summed E-state index contributed by atoms with van der Waals surface area (Å²) < 4.78 is 0. The lowest BCUT2D eigenvalue weighted by molar-refractivity contribution is 0.177. The highest BCUT2D eigenvalue weighted by Gasteiger charge is 2.22. The molecule has 0 spiro atoms. The minimum absolute atomic E-state index is 0.0765. The largest absolute Gasteiger partial charge is 0.393 e. The van der Waals surface area contributed by atoms with Crippen molar-refractivity contribution in [2.45, 2.75) is 45.6 Å². The van der Waals surface area contributed by atoms with Gasteiger partial charge in [0, 0.05) is 0 Å². The van der Waals surface area contributed by atoms with E-state index in [0.717, 1.165) is 38.8 Å². The summed E-state index contributed by atoms with van der Waals surface area (Å²) in [5, 5.41) is 21.6. The third-order valence-corrected chi connectivity index (χ3v) is 3.18. The molecule has 0 radical (unpaired) electrons. The second kappa shape index (κ2) is 5.48. The quantitative estimate of drug-likeness (QED) is 0.679. The molecule has 1 fully saturated rings. The van der Waals surface area contributed by atoms with Crippen molar-refractivity contribution in [3.05, 3.63) is 0 Å². The van der Waals surface area contributed by atoms with Gasteiger partial charge >= 0.3 is 0 Å². The van der Waals surface area contributed by atoms with E-state index in [0.29, 0.717) is 5.92 Å². The lowest BCUT2D eigenvalue weighted by atomic mass is 9.91. The van der Waals surface area contributed by atoms with Crippen LogP contribution in [0.5, 0.6) is 0 Å². The van der Waals surface area contributed by atoms with Gasteiger partial charge in [-0.2, -0.15) is 5.26 Å². The van der Waals surface area contributed by atoms with Gasteiger partial charge in [-0.1, -0.05) is 0 Å². The molecule has 3 nitrogen and oxygen atoms in total. The average Bonchev–Trinajstić information content (AvgIpc) is 2.59. The molecular weight excluding hydrogens is 188 g/mol. The van der Waals surface area contributed by atoms with Gasteiger partial charge in [0.1, 0.15) is 0 Å². The van der Waals surface area contributed by atoms with Crippen LogP contribution in [0, 0.1) is 22.7 Å². The van der Waals surface area contributed by atoms with Gasteiger partial charge in [-0.05, 0) is 58.5 Å². The number of aliphatic hydroxyl groups excluding tert-OH is 1. The number of nitrogens with one attached hydrogen (secondary N) is 1. The number of hydrogen-bond acceptors (Lipinski definition) is 3. The average molecular weight is 210 g/mol. The van der Waals surface area contributed by atoms with Crippen molar-refractivity contribution in [3.8, 4) is 6.07 Å². The van der Waals surface area contributed by atoms with Gasteiger partial charge in [0.25, 0.3) is 0 Å². The number of hydrogen-bond donors (Lipinski definition) is 2. The molecule has 3 heteroatoms. The zero-order valence-electron chi connectivity index (χ0n) is 9.79. The SMILES string of the molecule is CC(C)(C#N)CCNCC1CCC(O)C1. The van der Waals surface area contributed by atoms with Crippen LogP contribution in [0.4, 0.5) is 0 Å². The van der Waals surface area contributed by atoms with Gasteiger partial charge in [-0.3, -0.25) is 0 Å². The molecule has 2 N–H and O–H groups in total. The molecule has 1 saturated carbocycles. The zero-order valence-corrected chi connectivity index (χ0v) is 9.79. The van der Waals surface area contributed by atoms with Crippen LogP contribution < -0.4 is 5.32 Å². The van der Waals surface area contributed by atoms with Gasteiger partial charge < -0.3 is 10.4 Å². The highest BCUT2D eigenvalue weighted by molar-refractivity contribution is 4.91. The Labute approximate surface area is 92.5 Å². The molecule has 0 aromatic heterocycles. The van der Waals surface area contributed by atoms with Crippen molar-refractivity contribution >= 4 is 0 Å². The standard InChI is InChI=1S/C12H22N2O/c1-12(2,9-13)5-6-14-8-10-3-4-11(15)7-10/h10-11,14-15H,3-8H2,1-2H3. The first kappa shape index (κ1) is 12.5. The molecule has 1 aliphatic carbocycles. The fraction of sp³-hybridized carbons (Fsp3) is 0.917. The third-order valence-electron chi connectivity index (χ3n) is 3.18. The van der Waals surface area contributed by atoms with E-state index in [1.54, 1.807) is 0 Å². The molecule has 15 heavy (non-hydrogen) atoms. The molecule has 0 aromatic carbocycles. The lowest BCUT2D eigenvalue weighted by Gasteiger charge is -2.16. The van der Waals surface area contributed by atoms with Crippen molar-refractivity contribution in [3.63, 3.8) is 0 Å². The highest BCUT2D eigenvalue weighted by atomic mass is 16.3. The van der Waals surface area contributed by atoms with E-state index in [9.17, 15) is 5.11 Å². The van der Waals surface area contributed by atoms with Gasteiger partial charge in [0.2, 0.25) is 0 Å². The Hall–Kier alpha value is -0.590. The van der Waals surface area contributed by atoms with Crippen molar-refractivity contribution in [1.29, 1.82) is 5.26 Å². The molecule has 0 heterocycles. The third kappa shape index (κ3) is 4.63. The summed E-state index contributed by atoms with van der Waals surface area (Å²) in [4.78, 5) is 0. The molecule has 86 valence electrons. The van der Waals surface area contributed by atoms with Crippen molar-refractivity contribution < 1.29 is 5.11 Å². The minimum Gasteiger partial charge on any atom is -0.393 e. The molecule has 0 amide bonds. The summed E-state index contributed by atoms with van der Waals surface area (Å²) in [6, 6.07) is 2.30. The Bertz CT molecular complexity index is 232. The van der Waals surface area contributed by atoms with Crippen LogP contribution in [-0.2, 0) is 0 Å². The van der Waals surface area contributed by atoms with Crippen LogP contribution in [0.15, 0.2) is 0 Å². The predicted molar refractivity (Wildman–Crippen MR) is 60.2 cm³/mol. The Morgan fingerprint density at radius 2 is 2.20 bits per heavy atom. The minimum atomic E-state index is -0.220. The summed E-state index contributed by atoms with van der Waals surface area (Å²) in [5.41, 5.74) is -0.220. The number of nitrogens with zero attached hydrogens (tertiary/aromatic N) is 1. The predicted octanol–water partition coefficient (Wildman–Crippen LogP) is 1.68. The molecule has 1 rings (SSSR count). The van der Waals surface area contributed by atoms with Crippen LogP contribution in [-0.4, -0.2) is 24.3 Å². The fourth-order valence-corrected chi connectivity index (χ4v) is 2.00. The monoisotopic (exact) mass is 210 g/mol. The van der Waals surface area contributed by atoms with Crippen molar-refractivity contribution in [2.24, 2.45) is 11.3 Å². The molecule has 0 aromatic rings. The number of aliphatic hydroxyl groups is 1. The maximum Gasteiger partial charge on any atom is 0.0684 e. The van der Waals surface area contributed by atoms with Crippen LogP contribution in [0.1, 0.15) is 39.5 Å². The van der Waals surface area contributed by atoms with Gasteiger partial charge in [-0.15, -0.1) is 0 Å². The molecule has 2 atom stereocenters.